The summed E-state index contributed by atoms with van der Waals surface area (Å²) in [6.07, 6.45) is -0.852. The summed E-state index contributed by atoms with van der Waals surface area (Å²) in [5, 5.41) is 0. The Morgan fingerprint density at radius 3 is 2.21 bits per heavy atom. The van der Waals surface area contributed by atoms with E-state index < -0.39 is 54.6 Å². The standard InChI is InChI=1S/C32H40O11/c1-16(33)38-15-26-28(39-17(2)34)29(40-18(3)35)30(41-19(4)36)31(43-26)42-21-7-9-22-20(14-21)6-8-24-23(22)12-13-32(5)25(24)10-11-27(32)37/h7,9,14,23-26,28-31H,6,8,10-13,15H2,1-5H3/t23-,24-,25+,26?,28+,29+,30?,31-,32+/m1/s1. The molecule has 0 N–H and O–H groups in total. The molecule has 0 aromatic heterocycles. The van der Waals surface area contributed by atoms with Crippen LogP contribution in [-0.2, 0) is 54.1 Å². The molecule has 3 fully saturated rings. The minimum absolute atomic E-state index is 0.198. The van der Waals surface area contributed by atoms with Crippen LogP contribution in [0.15, 0.2) is 18.2 Å². The first-order valence-corrected chi connectivity index (χ1v) is 15.0. The Bertz CT molecular complexity index is 1290. The predicted molar refractivity (Wildman–Crippen MR) is 149 cm³/mol. The van der Waals surface area contributed by atoms with Crippen LogP contribution in [0.25, 0.3) is 0 Å². The molecular formula is C32H40O11. The van der Waals surface area contributed by atoms with Gasteiger partial charge in [0.2, 0.25) is 12.4 Å². The first-order chi connectivity index (χ1) is 20.4. The van der Waals surface area contributed by atoms with Gasteiger partial charge in [-0.3, -0.25) is 24.0 Å². The molecule has 1 aromatic rings. The number of ether oxygens (including phenoxy) is 6. The lowest BCUT2D eigenvalue weighted by molar-refractivity contribution is -0.288. The minimum atomic E-state index is -1.30. The van der Waals surface area contributed by atoms with Crippen LogP contribution >= 0.6 is 0 Å². The van der Waals surface area contributed by atoms with Gasteiger partial charge in [0.15, 0.2) is 12.2 Å². The van der Waals surface area contributed by atoms with Crippen LogP contribution in [0, 0.1) is 17.3 Å². The maximum atomic E-state index is 12.7. The van der Waals surface area contributed by atoms with Crippen molar-refractivity contribution in [3.05, 3.63) is 29.3 Å². The highest BCUT2D eigenvalue weighted by Gasteiger charge is 2.55. The van der Waals surface area contributed by atoms with E-state index in [1.807, 2.05) is 12.1 Å². The Labute approximate surface area is 250 Å². The Kier molecular flexibility index (Phi) is 8.83. The Balaban J connectivity index is 1.42. The lowest BCUT2D eigenvalue weighted by Gasteiger charge is -2.48. The molecule has 2 saturated carbocycles. The van der Waals surface area contributed by atoms with E-state index in [2.05, 4.69) is 13.0 Å². The van der Waals surface area contributed by atoms with Gasteiger partial charge in [0, 0.05) is 39.5 Å². The minimum Gasteiger partial charge on any atom is -0.463 e. The third-order valence-electron chi connectivity index (χ3n) is 9.61. The zero-order valence-corrected chi connectivity index (χ0v) is 25.3. The molecule has 1 aromatic carbocycles. The fourth-order valence-corrected chi connectivity index (χ4v) is 7.82. The second kappa shape index (κ2) is 12.3. The summed E-state index contributed by atoms with van der Waals surface area (Å²) in [6.45, 7) is 6.59. The van der Waals surface area contributed by atoms with E-state index in [1.165, 1.54) is 33.3 Å². The summed E-state index contributed by atoms with van der Waals surface area (Å²) in [4.78, 5) is 60.5. The number of hydrogen-bond acceptors (Lipinski definition) is 11. The van der Waals surface area contributed by atoms with Crippen LogP contribution in [0.3, 0.4) is 0 Å². The van der Waals surface area contributed by atoms with E-state index in [0.29, 0.717) is 35.7 Å². The molecule has 43 heavy (non-hydrogen) atoms. The van der Waals surface area contributed by atoms with Gasteiger partial charge in [-0.15, -0.1) is 0 Å². The number of fused-ring (bicyclic) bond motifs is 5. The van der Waals surface area contributed by atoms with Crippen LogP contribution in [0.5, 0.6) is 5.75 Å². The van der Waals surface area contributed by atoms with Crippen molar-refractivity contribution in [2.24, 2.45) is 17.3 Å². The molecule has 9 atom stereocenters. The summed E-state index contributed by atoms with van der Waals surface area (Å²) < 4.78 is 34.0. The summed E-state index contributed by atoms with van der Waals surface area (Å²) in [7, 11) is 0. The van der Waals surface area contributed by atoms with Crippen LogP contribution in [0.2, 0.25) is 0 Å². The van der Waals surface area contributed by atoms with Crippen LogP contribution in [0.1, 0.15) is 83.8 Å². The molecular weight excluding hydrogens is 560 g/mol. The maximum Gasteiger partial charge on any atom is 0.303 e. The largest absolute Gasteiger partial charge is 0.463 e. The Morgan fingerprint density at radius 1 is 0.860 bits per heavy atom. The molecule has 3 aliphatic carbocycles. The topological polar surface area (TPSA) is 141 Å². The van der Waals surface area contributed by atoms with Crippen LogP contribution in [-0.4, -0.2) is 67.0 Å². The smallest absolute Gasteiger partial charge is 0.303 e. The zero-order chi connectivity index (χ0) is 31.1. The quantitative estimate of drug-likeness (QED) is 0.335. The molecule has 1 saturated heterocycles. The first-order valence-electron chi connectivity index (χ1n) is 15.0. The average molecular weight is 601 g/mol. The molecule has 5 rings (SSSR count). The van der Waals surface area contributed by atoms with Gasteiger partial charge in [-0.1, -0.05) is 13.0 Å². The van der Waals surface area contributed by atoms with Crippen molar-refractivity contribution in [3.8, 4) is 5.75 Å². The van der Waals surface area contributed by atoms with Crippen LogP contribution < -0.4 is 4.74 Å². The third kappa shape index (κ3) is 6.27. The molecule has 4 aliphatic rings. The molecule has 2 unspecified atom stereocenters. The van der Waals surface area contributed by atoms with Gasteiger partial charge in [-0.05, 0) is 73.1 Å². The first kappa shape index (κ1) is 31.0. The Morgan fingerprint density at radius 2 is 1.53 bits per heavy atom. The highest BCUT2D eigenvalue weighted by molar-refractivity contribution is 5.87. The lowest BCUT2D eigenvalue weighted by Crippen LogP contribution is -2.63. The molecule has 0 spiro atoms. The molecule has 0 amide bonds. The zero-order valence-electron chi connectivity index (χ0n) is 25.3. The van der Waals surface area contributed by atoms with Gasteiger partial charge >= 0.3 is 23.9 Å². The van der Waals surface area contributed by atoms with E-state index in [4.69, 9.17) is 28.4 Å². The molecule has 234 valence electrons. The van der Waals surface area contributed by atoms with Crippen LogP contribution in [0.4, 0.5) is 0 Å². The summed E-state index contributed by atoms with van der Waals surface area (Å²) >= 11 is 0. The number of rotatable bonds is 7. The second-order valence-corrected chi connectivity index (χ2v) is 12.4. The summed E-state index contributed by atoms with van der Waals surface area (Å²) in [6, 6.07) is 5.85. The van der Waals surface area contributed by atoms with Gasteiger partial charge in [-0.2, -0.15) is 0 Å². The lowest BCUT2D eigenvalue weighted by atomic mass is 9.55. The van der Waals surface area contributed by atoms with Crippen molar-refractivity contribution in [1.82, 2.24) is 0 Å². The SMILES string of the molecule is CC(=O)OCC1O[C@@H](Oc2ccc3c(c2)CC[C@@H]2[C@@H]3CC[C@]3(C)C(=O)CC[C@@H]23)C(OC(C)=O)[C@@H](OC(C)=O)[C@H]1OC(C)=O. The van der Waals surface area contributed by atoms with Crippen molar-refractivity contribution in [1.29, 1.82) is 0 Å². The van der Waals surface area contributed by atoms with E-state index >= 15 is 0 Å². The highest BCUT2D eigenvalue weighted by Crippen LogP contribution is 2.59. The third-order valence-corrected chi connectivity index (χ3v) is 9.61. The second-order valence-electron chi connectivity index (χ2n) is 12.4. The van der Waals surface area contributed by atoms with Crippen molar-refractivity contribution >= 4 is 29.7 Å². The average Bonchev–Trinajstić information content (AvgIpc) is 3.24. The van der Waals surface area contributed by atoms with E-state index in [9.17, 15) is 24.0 Å². The molecule has 11 nitrogen and oxygen atoms in total. The van der Waals surface area contributed by atoms with E-state index in [0.717, 1.165) is 37.7 Å². The van der Waals surface area contributed by atoms with Gasteiger partial charge in [-0.25, -0.2) is 0 Å². The molecule has 0 bridgehead atoms. The Hall–Kier alpha value is -3.47. The molecule has 0 radical (unpaired) electrons. The normalized spacial score (nSPS) is 34.6. The monoisotopic (exact) mass is 600 g/mol. The number of esters is 4. The van der Waals surface area contributed by atoms with Crippen molar-refractivity contribution in [2.45, 2.75) is 110 Å². The number of hydrogen-bond donors (Lipinski definition) is 0. The summed E-state index contributed by atoms with van der Waals surface area (Å²) in [5.41, 5.74) is 2.22. The fraction of sp³-hybridized carbons (Fsp3) is 0.656. The van der Waals surface area contributed by atoms with E-state index in [1.54, 1.807) is 0 Å². The highest BCUT2D eigenvalue weighted by atomic mass is 16.7. The van der Waals surface area contributed by atoms with Gasteiger partial charge in [0.1, 0.15) is 24.2 Å². The van der Waals surface area contributed by atoms with Gasteiger partial charge in [0.25, 0.3) is 0 Å². The maximum absolute atomic E-state index is 12.7. The van der Waals surface area contributed by atoms with Crippen molar-refractivity contribution in [3.63, 3.8) is 0 Å². The number of ketones is 1. The number of carbonyl (C=O) groups excluding carboxylic acids is 5. The van der Waals surface area contributed by atoms with Gasteiger partial charge in [0.05, 0.1) is 0 Å². The number of benzene rings is 1. The fourth-order valence-electron chi connectivity index (χ4n) is 7.82. The van der Waals surface area contributed by atoms with Crippen molar-refractivity contribution < 1.29 is 52.4 Å². The molecule has 1 heterocycles. The van der Waals surface area contributed by atoms with E-state index in [-0.39, 0.29) is 12.0 Å². The van der Waals surface area contributed by atoms with Gasteiger partial charge < -0.3 is 28.4 Å². The molecule has 1 aliphatic heterocycles. The number of Topliss-reactive ketones (excluding diaryl/α,β-unsaturated/α-hetero) is 1. The predicted octanol–water partition coefficient (Wildman–Crippen LogP) is 3.57. The number of aryl methyl sites for hydroxylation is 1. The number of carbonyl (C=O) groups is 5. The van der Waals surface area contributed by atoms with Crippen molar-refractivity contribution in [2.75, 3.05) is 6.61 Å². The summed E-state index contributed by atoms with van der Waals surface area (Å²) in [5.74, 6) is -0.542. The molecule has 11 heteroatoms.